The number of nitrogens with zero attached hydrogens (tertiary/aromatic N) is 4. The van der Waals surface area contributed by atoms with Crippen molar-refractivity contribution in [1.82, 2.24) is 14.9 Å². The van der Waals surface area contributed by atoms with Gasteiger partial charge in [0.05, 0.1) is 7.11 Å². The van der Waals surface area contributed by atoms with Gasteiger partial charge >= 0.3 is 0 Å². The Bertz CT molecular complexity index is 1180. The molecular weight excluding hydrogens is 719 g/mol. The van der Waals surface area contributed by atoms with E-state index >= 15 is 0 Å². The van der Waals surface area contributed by atoms with Gasteiger partial charge in [-0.25, -0.2) is 5.06 Å². The van der Waals surface area contributed by atoms with Crippen molar-refractivity contribution in [1.29, 1.82) is 0 Å². The predicted molar refractivity (Wildman–Crippen MR) is 157 cm³/mol. The number of hydrogen-bond acceptors (Lipinski definition) is 8. The average Bonchev–Trinajstić information content (AvgIpc) is 3.21. The molecule has 8 nitrogen and oxygen atoms in total. The van der Waals surface area contributed by atoms with E-state index in [0.717, 1.165) is 55.5 Å². The van der Waals surface area contributed by atoms with E-state index in [-0.39, 0.29) is 50.3 Å². The zero-order valence-corrected chi connectivity index (χ0v) is 27.4. The molecular formula is C29H37N4O4ReS2-5. The summed E-state index contributed by atoms with van der Waals surface area (Å²) < 4.78 is 0. The van der Waals surface area contributed by atoms with Gasteiger partial charge in [-0.2, -0.15) is 11.5 Å². The Morgan fingerprint density at radius 1 is 1.12 bits per heavy atom. The van der Waals surface area contributed by atoms with E-state index in [4.69, 9.17) is 30.1 Å². The second-order valence-electron chi connectivity index (χ2n) is 9.94. The fourth-order valence-electron chi connectivity index (χ4n) is 5.81. The topological polar surface area (TPSA) is 99.9 Å². The maximum atomic E-state index is 13.6. The summed E-state index contributed by atoms with van der Waals surface area (Å²) in [6.45, 7) is 2.99. The van der Waals surface area contributed by atoms with Crippen LogP contribution in [0.4, 0.5) is 0 Å². The Morgan fingerprint density at radius 3 is 2.58 bits per heavy atom. The number of hydroxylamine groups is 2. The molecule has 1 radical (unpaired) electrons. The van der Waals surface area contributed by atoms with Crippen molar-refractivity contribution in [2.75, 3.05) is 58.4 Å². The molecule has 0 saturated carbocycles. The molecule has 1 saturated heterocycles. The normalized spacial score (nSPS) is 19.1. The quantitative estimate of drug-likeness (QED) is 0.134. The van der Waals surface area contributed by atoms with Gasteiger partial charge in [0, 0.05) is 64.8 Å². The van der Waals surface area contributed by atoms with Crippen molar-refractivity contribution >= 4 is 53.4 Å². The van der Waals surface area contributed by atoms with Crippen LogP contribution in [0.1, 0.15) is 31.2 Å². The SMILES string of the molecule is CON(C)C(=O)C1=C(c2ccc3ccccc3c2)CC2CCC1N2CCCN(CC[S-])CC([O-])=NCC[S-].[O-2].[Re]. The number of aliphatic imine (C=N–C) groups is 1. The molecule has 40 heavy (non-hydrogen) atoms. The van der Waals surface area contributed by atoms with Crippen LogP contribution < -0.4 is 5.11 Å². The van der Waals surface area contributed by atoms with E-state index in [0.29, 0.717) is 30.6 Å². The second-order valence-corrected chi connectivity index (χ2v) is 10.8. The first-order chi connectivity index (χ1) is 18.5. The fourth-order valence-corrected chi connectivity index (χ4v) is 6.16. The summed E-state index contributed by atoms with van der Waals surface area (Å²) in [6, 6.07) is 15.3. The molecule has 2 aromatic rings. The molecule has 0 spiro atoms. The van der Waals surface area contributed by atoms with Crippen LogP contribution >= 0.6 is 0 Å². The molecule has 2 heterocycles. The van der Waals surface area contributed by atoms with Crippen LogP contribution in [0.5, 0.6) is 0 Å². The Labute approximate surface area is 262 Å². The van der Waals surface area contributed by atoms with E-state index in [2.05, 4.69) is 45.1 Å². The summed E-state index contributed by atoms with van der Waals surface area (Å²) in [6.07, 6.45) is 3.74. The number of amides is 1. The summed E-state index contributed by atoms with van der Waals surface area (Å²) in [7, 11) is 3.21. The van der Waals surface area contributed by atoms with E-state index in [1.807, 2.05) is 12.1 Å². The number of benzene rings is 2. The third-order valence-corrected chi connectivity index (χ3v) is 8.03. The maximum Gasteiger partial charge on any atom is 0.274 e. The smallest absolute Gasteiger partial charge is 0.274 e. The summed E-state index contributed by atoms with van der Waals surface area (Å²) in [5.41, 5.74) is 3.10. The van der Waals surface area contributed by atoms with Gasteiger partial charge in [-0.05, 0) is 72.6 Å². The van der Waals surface area contributed by atoms with Crippen LogP contribution in [0.25, 0.3) is 16.3 Å². The summed E-state index contributed by atoms with van der Waals surface area (Å²) >= 11 is 10.1. The third kappa shape index (κ3) is 8.33. The van der Waals surface area contributed by atoms with Gasteiger partial charge in [0.1, 0.15) is 0 Å². The van der Waals surface area contributed by atoms with Crippen LogP contribution in [0.2, 0.25) is 0 Å². The first-order valence-electron chi connectivity index (χ1n) is 13.4. The van der Waals surface area contributed by atoms with Gasteiger partial charge in [-0.1, -0.05) is 36.4 Å². The van der Waals surface area contributed by atoms with Gasteiger partial charge in [-0.15, -0.1) is 0 Å². The molecule has 2 atom stereocenters. The standard InChI is InChI=1S/C29H40N4O3S2.O.Re/c1-31(36-2)29(35)28-25(23-9-8-21-6-3-4-7-22(21)18-23)19-24-10-11-26(28)33(24)14-5-13-32(15-17-38)20-27(34)30-12-16-37;;/h3-4,6-9,18,24,26,37-38H,5,10-17,19-20H2,1-2H3,(H,30,34);;/q;-2;/p-3. The van der Waals surface area contributed by atoms with Crippen molar-refractivity contribution in [3.63, 3.8) is 0 Å². The minimum atomic E-state index is -0.130. The van der Waals surface area contributed by atoms with Crippen LogP contribution in [0.3, 0.4) is 0 Å². The molecule has 2 unspecified atom stereocenters. The predicted octanol–water partition coefficient (Wildman–Crippen LogP) is 2.27. The summed E-state index contributed by atoms with van der Waals surface area (Å²) in [4.78, 5) is 27.6. The van der Waals surface area contributed by atoms with Crippen LogP contribution in [-0.2, 0) is 60.8 Å². The van der Waals surface area contributed by atoms with E-state index < -0.39 is 0 Å². The van der Waals surface area contributed by atoms with Crippen LogP contribution in [0.15, 0.2) is 53.0 Å². The number of carbonyl (C=O) groups excluding carboxylic acids is 1. The van der Waals surface area contributed by atoms with Crippen LogP contribution in [0, 0.1) is 0 Å². The van der Waals surface area contributed by atoms with E-state index in [9.17, 15) is 9.90 Å². The first-order valence-corrected chi connectivity index (χ1v) is 14.5. The Balaban J connectivity index is 0.00000280. The maximum absolute atomic E-state index is 13.6. The Hall–Kier alpha value is -1.42. The van der Waals surface area contributed by atoms with Gasteiger partial charge in [0.2, 0.25) is 0 Å². The molecule has 2 bridgehead atoms. The van der Waals surface area contributed by atoms with Crippen molar-refractivity contribution in [3.05, 3.63) is 53.6 Å². The first kappa shape index (κ1) is 34.8. The summed E-state index contributed by atoms with van der Waals surface area (Å²) in [5.74, 6) is 0.823. The molecule has 1 amide bonds. The molecule has 2 aliphatic heterocycles. The number of likely N-dealkylation sites (N-methyl/N-ethyl adjacent to an activating group) is 1. The molecule has 2 aromatic carbocycles. The fraction of sp³-hybridized carbons (Fsp3) is 0.517. The molecule has 1 fully saturated rings. The van der Waals surface area contributed by atoms with Gasteiger partial charge in [0.15, 0.2) is 0 Å². The van der Waals surface area contributed by atoms with Crippen LogP contribution in [-0.4, -0.2) is 97.1 Å². The second kappa shape index (κ2) is 16.9. The minimum absolute atomic E-state index is 0. The van der Waals surface area contributed by atoms with Crippen molar-refractivity contribution in [2.45, 2.75) is 37.8 Å². The van der Waals surface area contributed by atoms with Gasteiger partial charge in [-0.3, -0.25) is 14.5 Å². The number of hydrogen-bond donors (Lipinski definition) is 0. The number of fused-ring (bicyclic) bond motifs is 3. The summed E-state index contributed by atoms with van der Waals surface area (Å²) in [5, 5.41) is 15.9. The molecule has 0 N–H and O–H groups in total. The van der Waals surface area contributed by atoms with Gasteiger partial charge < -0.3 is 45.7 Å². The van der Waals surface area contributed by atoms with Crippen molar-refractivity contribution in [2.24, 2.45) is 4.99 Å². The van der Waals surface area contributed by atoms with E-state index in [1.54, 1.807) is 7.05 Å². The number of rotatable bonds is 13. The molecule has 0 aromatic heterocycles. The van der Waals surface area contributed by atoms with Crippen molar-refractivity contribution < 1.29 is 40.6 Å². The Morgan fingerprint density at radius 2 is 1.88 bits per heavy atom. The minimum Gasteiger partial charge on any atom is -2.00 e. The zero-order valence-electron chi connectivity index (χ0n) is 23.1. The molecule has 2 aliphatic rings. The molecule has 11 heteroatoms. The van der Waals surface area contributed by atoms with Gasteiger partial charge in [0.25, 0.3) is 5.91 Å². The van der Waals surface area contributed by atoms with Crippen molar-refractivity contribution in [3.8, 4) is 0 Å². The Kier molecular flexibility index (Phi) is 14.7. The van der Waals surface area contributed by atoms with E-state index in [1.165, 1.54) is 22.9 Å². The monoisotopic (exact) mass is 756 g/mol. The third-order valence-electron chi connectivity index (χ3n) is 7.67. The number of carbonyl (C=O) groups is 1. The largest absolute Gasteiger partial charge is 2.00 e. The molecule has 0 aliphatic carbocycles. The molecule has 4 rings (SSSR count). The zero-order chi connectivity index (χ0) is 27.1. The molecule has 221 valence electrons. The average molecular weight is 756 g/mol.